The zero-order chi connectivity index (χ0) is 11.0. The molecule has 1 fully saturated rings. The Labute approximate surface area is 85.3 Å². The van der Waals surface area contributed by atoms with Gasteiger partial charge in [0.1, 0.15) is 6.04 Å². The van der Waals surface area contributed by atoms with E-state index in [1.807, 2.05) is 0 Å². The molecule has 2 heterocycles. The number of aliphatic carboxylic acids is 1. The molecule has 80 valence electrons. The van der Waals surface area contributed by atoms with E-state index in [0.717, 1.165) is 0 Å². The molecule has 0 spiro atoms. The number of carbonyl (C=O) groups is 2. The number of likely N-dealkylation sites (tertiary alicyclic amines) is 1. The first-order valence-corrected chi connectivity index (χ1v) is 4.49. The summed E-state index contributed by atoms with van der Waals surface area (Å²) in [4.78, 5) is 25.0. The molecule has 0 radical (unpaired) electrons. The van der Waals surface area contributed by atoms with E-state index < -0.39 is 12.0 Å². The van der Waals surface area contributed by atoms with Gasteiger partial charge in [-0.25, -0.2) is 4.79 Å². The Morgan fingerprint density at radius 1 is 1.60 bits per heavy atom. The van der Waals surface area contributed by atoms with E-state index in [-0.39, 0.29) is 11.6 Å². The summed E-state index contributed by atoms with van der Waals surface area (Å²) in [6.07, 6.45) is 1.83. The van der Waals surface area contributed by atoms with Crippen molar-refractivity contribution in [3.63, 3.8) is 0 Å². The van der Waals surface area contributed by atoms with Crippen molar-refractivity contribution >= 4 is 11.9 Å². The molecule has 1 aliphatic heterocycles. The molecular weight excluding hydrogens is 200 g/mol. The van der Waals surface area contributed by atoms with E-state index in [2.05, 4.69) is 10.2 Å². The normalized spacial score (nSPS) is 19.8. The molecule has 0 aromatic carbocycles. The van der Waals surface area contributed by atoms with Crippen molar-refractivity contribution in [1.29, 1.82) is 0 Å². The number of hydrogen-bond donors (Lipinski definition) is 1. The highest BCUT2D eigenvalue weighted by molar-refractivity contribution is 5.95. The second kappa shape index (κ2) is 3.34. The first-order valence-electron chi connectivity index (χ1n) is 4.49. The summed E-state index contributed by atoms with van der Waals surface area (Å²) < 4.78 is 0. The number of aromatic nitrogens is 3. The molecule has 1 aromatic rings. The van der Waals surface area contributed by atoms with Crippen LogP contribution in [0.5, 0.6) is 0 Å². The summed E-state index contributed by atoms with van der Waals surface area (Å²) in [6, 6.07) is -0.709. The lowest BCUT2D eigenvalue weighted by Crippen LogP contribution is -2.55. The van der Waals surface area contributed by atoms with Crippen LogP contribution in [-0.2, 0) is 11.8 Å². The monoisotopic (exact) mass is 210 g/mol. The van der Waals surface area contributed by atoms with Crippen molar-refractivity contribution < 1.29 is 14.7 Å². The zero-order valence-electron chi connectivity index (χ0n) is 8.12. The van der Waals surface area contributed by atoms with Crippen molar-refractivity contribution in [2.24, 2.45) is 7.05 Å². The largest absolute Gasteiger partial charge is 0.480 e. The number of hydrogen-bond acceptors (Lipinski definition) is 4. The van der Waals surface area contributed by atoms with Crippen LogP contribution in [0.2, 0.25) is 0 Å². The van der Waals surface area contributed by atoms with Gasteiger partial charge < -0.3 is 10.0 Å². The van der Waals surface area contributed by atoms with Gasteiger partial charge in [-0.1, -0.05) is 0 Å². The van der Waals surface area contributed by atoms with Crippen molar-refractivity contribution in [2.75, 3.05) is 6.54 Å². The molecule has 7 nitrogen and oxygen atoms in total. The fraction of sp³-hybridized carbons (Fsp3) is 0.500. The smallest absolute Gasteiger partial charge is 0.326 e. The molecule has 1 saturated heterocycles. The Balaban J connectivity index is 2.12. The Hall–Kier alpha value is -1.92. The first-order chi connectivity index (χ1) is 7.09. The van der Waals surface area contributed by atoms with E-state index in [4.69, 9.17) is 5.11 Å². The predicted molar refractivity (Wildman–Crippen MR) is 48.1 cm³/mol. The number of aryl methyl sites for hydroxylation is 1. The minimum Gasteiger partial charge on any atom is -0.480 e. The topological polar surface area (TPSA) is 88.3 Å². The number of amides is 1. The number of nitrogens with zero attached hydrogens (tertiary/aromatic N) is 4. The lowest BCUT2D eigenvalue weighted by molar-refractivity contribution is -0.146. The number of rotatable bonds is 2. The number of carboxylic acids is 1. The van der Waals surface area contributed by atoms with Crippen LogP contribution in [0, 0.1) is 0 Å². The van der Waals surface area contributed by atoms with Gasteiger partial charge >= 0.3 is 5.97 Å². The lowest BCUT2D eigenvalue weighted by Gasteiger charge is -2.37. The molecule has 0 aliphatic carbocycles. The second-order valence-corrected chi connectivity index (χ2v) is 3.36. The van der Waals surface area contributed by atoms with Gasteiger partial charge in [0.25, 0.3) is 5.91 Å². The van der Waals surface area contributed by atoms with Crippen LogP contribution in [0.15, 0.2) is 6.20 Å². The SMILES string of the molecule is Cn1ncc(C(=O)N2CCC2C(=O)O)n1. The molecule has 2 rings (SSSR count). The third-order valence-electron chi connectivity index (χ3n) is 2.38. The maximum Gasteiger partial charge on any atom is 0.326 e. The summed E-state index contributed by atoms with van der Waals surface area (Å²) in [5.41, 5.74) is 0.184. The van der Waals surface area contributed by atoms with Crippen molar-refractivity contribution in [3.8, 4) is 0 Å². The standard InChI is InChI=1S/C8H10N4O3/c1-11-9-4-5(10-11)7(13)12-3-2-6(12)8(14)15/h4,6H,2-3H2,1H3,(H,14,15). The molecule has 1 atom stereocenters. The Bertz CT molecular complexity index is 414. The quantitative estimate of drug-likeness (QED) is 0.684. The molecule has 0 bridgehead atoms. The molecule has 0 saturated carbocycles. The highest BCUT2D eigenvalue weighted by atomic mass is 16.4. The third kappa shape index (κ3) is 1.56. The Morgan fingerprint density at radius 3 is 2.73 bits per heavy atom. The molecule has 1 unspecified atom stereocenters. The van der Waals surface area contributed by atoms with E-state index >= 15 is 0 Å². The van der Waals surface area contributed by atoms with E-state index in [0.29, 0.717) is 13.0 Å². The average molecular weight is 210 g/mol. The van der Waals surface area contributed by atoms with Crippen LogP contribution >= 0.6 is 0 Å². The van der Waals surface area contributed by atoms with Crippen LogP contribution in [0.1, 0.15) is 16.9 Å². The van der Waals surface area contributed by atoms with E-state index in [1.54, 1.807) is 7.05 Å². The number of carboxylic acid groups (broad SMARTS) is 1. The predicted octanol–water partition coefficient (Wildman–Crippen LogP) is -0.886. The second-order valence-electron chi connectivity index (χ2n) is 3.36. The van der Waals surface area contributed by atoms with Gasteiger partial charge in [-0.2, -0.15) is 9.90 Å². The fourth-order valence-electron chi connectivity index (χ4n) is 1.48. The Morgan fingerprint density at radius 2 is 2.33 bits per heavy atom. The van der Waals surface area contributed by atoms with Gasteiger partial charge in [0.05, 0.1) is 6.20 Å². The van der Waals surface area contributed by atoms with Crippen LogP contribution < -0.4 is 0 Å². The maximum absolute atomic E-state index is 11.7. The summed E-state index contributed by atoms with van der Waals surface area (Å²) in [5, 5.41) is 16.4. The molecule has 1 aliphatic rings. The minimum atomic E-state index is -0.974. The minimum absolute atomic E-state index is 0.184. The maximum atomic E-state index is 11.7. The van der Waals surface area contributed by atoms with E-state index in [9.17, 15) is 9.59 Å². The van der Waals surface area contributed by atoms with Crippen molar-refractivity contribution in [1.82, 2.24) is 19.9 Å². The van der Waals surface area contributed by atoms with Gasteiger partial charge in [0, 0.05) is 13.6 Å². The molecule has 1 aromatic heterocycles. The van der Waals surface area contributed by atoms with Crippen LogP contribution in [0.3, 0.4) is 0 Å². The Kier molecular flexibility index (Phi) is 2.14. The number of carbonyl (C=O) groups excluding carboxylic acids is 1. The highest BCUT2D eigenvalue weighted by Crippen LogP contribution is 2.19. The van der Waals surface area contributed by atoms with Crippen LogP contribution in [0.4, 0.5) is 0 Å². The summed E-state index contributed by atoms with van der Waals surface area (Å²) in [6.45, 7) is 0.465. The molecular formula is C8H10N4O3. The molecule has 1 N–H and O–H groups in total. The van der Waals surface area contributed by atoms with Gasteiger partial charge in [-0.05, 0) is 6.42 Å². The molecule has 15 heavy (non-hydrogen) atoms. The molecule has 1 amide bonds. The summed E-state index contributed by atoms with van der Waals surface area (Å²) in [5.74, 6) is -1.35. The van der Waals surface area contributed by atoms with Gasteiger partial charge in [0.15, 0.2) is 5.69 Å². The van der Waals surface area contributed by atoms with Crippen LogP contribution in [0.25, 0.3) is 0 Å². The van der Waals surface area contributed by atoms with Crippen LogP contribution in [-0.4, -0.2) is 49.5 Å². The van der Waals surface area contributed by atoms with Gasteiger partial charge in [-0.3, -0.25) is 4.79 Å². The summed E-state index contributed by atoms with van der Waals surface area (Å²) >= 11 is 0. The first kappa shape index (κ1) is 9.63. The fourth-order valence-corrected chi connectivity index (χ4v) is 1.48. The third-order valence-corrected chi connectivity index (χ3v) is 2.38. The van der Waals surface area contributed by atoms with Gasteiger partial charge in [-0.15, -0.1) is 5.10 Å². The summed E-state index contributed by atoms with van der Waals surface area (Å²) in [7, 11) is 1.60. The molecule has 7 heteroatoms. The van der Waals surface area contributed by atoms with Crippen molar-refractivity contribution in [2.45, 2.75) is 12.5 Å². The van der Waals surface area contributed by atoms with Crippen molar-refractivity contribution in [3.05, 3.63) is 11.9 Å². The highest BCUT2D eigenvalue weighted by Gasteiger charge is 2.38. The average Bonchev–Trinajstić information content (AvgIpc) is 2.48. The lowest BCUT2D eigenvalue weighted by atomic mass is 10.0. The van der Waals surface area contributed by atoms with Gasteiger partial charge in [0.2, 0.25) is 0 Å². The zero-order valence-corrected chi connectivity index (χ0v) is 8.12. The van der Waals surface area contributed by atoms with E-state index in [1.165, 1.54) is 15.9 Å².